The van der Waals surface area contributed by atoms with Crippen molar-refractivity contribution in [3.63, 3.8) is 0 Å². The van der Waals surface area contributed by atoms with Crippen molar-refractivity contribution in [1.82, 2.24) is 10.2 Å². The van der Waals surface area contributed by atoms with Gasteiger partial charge in [0.1, 0.15) is 6.04 Å². The number of amides is 2. The van der Waals surface area contributed by atoms with E-state index in [2.05, 4.69) is 5.32 Å². The van der Waals surface area contributed by atoms with Gasteiger partial charge in [-0.1, -0.05) is 44.2 Å². The Balaban J connectivity index is 1.94. The number of nitrogens with zero attached hydrogens (tertiary/aromatic N) is 1. The van der Waals surface area contributed by atoms with Crippen molar-refractivity contribution in [1.29, 1.82) is 0 Å². The topological polar surface area (TPSA) is 86.7 Å². The maximum atomic E-state index is 12.5. The van der Waals surface area contributed by atoms with Crippen molar-refractivity contribution in [3.8, 4) is 0 Å². The Kier molecular flexibility index (Phi) is 6.56. The van der Waals surface area contributed by atoms with Crippen LogP contribution in [0.5, 0.6) is 0 Å². The summed E-state index contributed by atoms with van der Waals surface area (Å²) in [6.07, 6.45) is 1.74. The van der Waals surface area contributed by atoms with E-state index >= 15 is 0 Å². The van der Waals surface area contributed by atoms with Crippen LogP contribution in [0.15, 0.2) is 30.3 Å². The van der Waals surface area contributed by atoms with Gasteiger partial charge in [0.2, 0.25) is 11.8 Å². The molecule has 0 spiro atoms. The van der Waals surface area contributed by atoms with E-state index in [4.69, 9.17) is 0 Å². The summed E-state index contributed by atoms with van der Waals surface area (Å²) in [5.74, 6) is -1.85. The van der Waals surface area contributed by atoms with E-state index in [-0.39, 0.29) is 23.7 Å². The summed E-state index contributed by atoms with van der Waals surface area (Å²) in [7, 11) is 0. The molecular formula is C19H26N2O4. The van der Waals surface area contributed by atoms with Crippen molar-refractivity contribution < 1.29 is 19.5 Å². The first-order valence-electron chi connectivity index (χ1n) is 8.73. The Morgan fingerprint density at radius 1 is 1.24 bits per heavy atom. The van der Waals surface area contributed by atoms with Gasteiger partial charge in [-0.05, 0) is 24.3 Å². The third-order valence-electron chi connectivity index (χ3n) is 4.57. The molecule has 6 nitrogen and oxygen atoms in total. The molecule has 0 aromatic heterocycles. The molecule has 2 rings (SSSR count). The molecule has 0 bridgehead atoms. The highest BCUT2D eigenvalue weighted by atomic mass is 16.4. The van der Waals surface area contributed by atoms with Crippen LogP contribution in [0, 0.1) is 11.8 Å². The molecule has 1 heterocycles. The largest absolute Gasteiger partial charge is 0.480 e. The summed E-state index contributed by atoms with van der Waals surface area (Å²) in [6.45, 7) is 4.51. The lowest BCUT2D eigenvalue weighted by Gasteiger charge is -2.33. The molecule has 1 aliphatic rings. The zero-order valence-corrected chi connectivity index (χ0v) is 14.8. The first-order valence-corrected chi connectivity index (χ1v) is 8.73. The second-order valence-electron chi connectivity index (χ2n) is 6.91. The molecule has 1 aromatic carbocycles. The molecule has 1 saturated heterocycles. The lowest BCUT2D eigenvalue weighted by Crippen LogP contribution is -2.51. The monoisotopic (exact) mass is 346 g/mol. The number of benzene rings is 1. The number of carbonyl (C=O) groups is 3. The Morgan fingerprint density at radius 3 is 2.52 bits per heavy atom. The van der Waals surface area contributed by atoms with Gasteiger partial charge < -0.3 is 15.3 Å². The summed E-state index contributed by atoms with van der Waals surface area (Å²) in [5.41, 5.74) is 0.949. The maximum absolute atomic E-state index is 12.5. The number of carbonyl (C=O) groups excluding carboxylic acids is 2. The van der Waals surface area contributed by atoms with E-state index in [1.165, 1.54) is 0 Å². The average Bonchev–Trinajstić information content (AvgIpc) is 2.59. The standard InChI is InChI=1S/C19H26N2O4/c1-13(2)17(19(24)25)20-18(23)15-9-6-10-21(12-15)16(22)11-14-7-4-3-5-8-14/h3-5,7-8,13,15,17H,6,9-12H2,1-2H3,(H,20,23)(H,24,25). The van der Waals surface area contributed by atoms with E-state index in [0.29, 0.717) is 25.9 Å². The molecule has 1 fully saturated rings. The average molecular weight is 346 g/mol. The summed E-state index contributed by atoms with van der Waals surface area (Å²) >= 11 is 0. The van der Waals surface area contributed by atoms with Crippen molar-refractivity contribution >= 4 is 17.8 Å². The molecule has 136 valence electrons. The van der Waals surface area contributed by atoms with E-state index in [1.807, 2.05) is 30.3 Å². The number of likely N-dealkylation sites (tertiary alicyclic amines) is 1. The lowest BCUT2D eigenvalue weighted by atomic mass is 9.95. The van der Waals surface area contributed by atoms with Gasteiger partial charge in [0.25, 0.3) is 0 Å². The summed E-state index contributed by atoms with van der Waals surface area (Å²) < 4.78 is 0. The van der Waals surface area contributed by atoms with Gasteiger partial charge in [0, 0.05) is 13.1 Å². The first kappa shape index (κ1) is 19.0. The summed E-state index contributed by atoms with van der Waals surface area (Å²) in [6, 6.07) is 8.61. The zero-order valence-electron chi connectivity index (χ0n) is 14.8. The number of rotatable bonds is 6. The van der Waals surface area contributed by atoms with Gasteiger partial charge in [-0.2, -0.15) is 0 Å². The molecule has 0 radical (unpaired) electrons. The summed E-state index contributed by atoms with van der Waals surface area (Å²) in [5, 5.41) is 11.8. The highest BCUT2D eigenvalue weighted by molar-refractivity contribution is 5.86. The van der Waals surface area contributed by atoms with E-state index < -0.39 is 12.0 Å². The second-order valence-corrected chi connectivity index (χ2v) is 6.91. The SMILES string of the molecule is CC(C)C(NC(=O)C1CCCN(C(=O)Cc2ccccc2)C1)C(=O)O. The minimum absolute atomic E-state index is 0.00217. The number of hydrogen-bond donors (Lipinski definition) is 2. The maximum Gasteiger partial charge on any atom is 0.326 e. The minimum atomic E-state index is -1.03. The van der Waals surface area contributed by atoms with Gasteiger partial charge >= 0.3 is 5.97 Å². The fourth-order valence-corrected chi connectivity index (χ4v) is 3.08. The molecular weight excluding hydrogens is 320 g/mol. The molecule has 0 saturated carbocycles. The fraction of sp³-hybridized carbons (Fsp3) is 0.526. The Bertz CT molecular complexity index is 615. The normalized spacial score (nSPS) is 18.7. The quantitative estimate of drug-likeness (QED) is 0.821. The van der Waals surface area contributed by atoms with Crippen LogP contribution in [0.3, 0.4) is 0 Å². The lowest BCUT2D eigenvalue weighted by molar-refractivity contribution is -0.145. The molecule has 1 aliphatic heterocycles. The number of nitrogens with one attached hydrogen (secondary N) is 1. The highest BCUT2D eigenvalue weighted by Gasteiger charge is 2.31. The first-order chi connectivity index (χ1) is 11.9. The van der Waals surface area contributed by atoms with Crippen molar-refractivity contribution in [3.05, 3.63) is 35.9 Å². The Hall–Kier alpha value is -2.37. The van der Waals surface area contributed by atoms with E-state index in [0.717, 1.165) is 12.0 Å². The van der Waals surface area contributed by atoms with Gasteiger partial charge in [0.15, 0.2) is 0 Å². The van der Waals surface area contributed by atoms with Gasteiger partial charge in [-0.25, -0.2) is 4.79 Å². The van der Waals surface area contributed by atoms with Crippen LogP contribution in [0.1, 0.15) is 32.3 Å². The molecule has 0 aliphatic carbocycles. The smallest absolute Gasteiger partial charge is 0.326 e. The Labute approximate surface area is 148 Å². The zero-order chi connectivity index (χ0) is 18.4. The van der Waals surface area contributed by atoms with Crippen LogP contribution in [0.2, 0.25) is 0 Å². The molecule has 2 amide bonds. The fourth-order valence-electron chi connectivity index (χ4n) is 3.08. The third kappa shape index (κ3) is 5.31. The highest BCUT2D eigenvalue weighted by Crippen LogP contribution is 2.18. The van der Waals surface area contributed by atoms with Crippen LogP contribution in [-0.2, 0) is 20.8 Å². The molecule has 2 N–H and O–H groups in total. The van der Waals surface area contributed by atoms with Crippen molar-refractivity contribution in [2.45, 2.75) is 39.2 Å². The molecule has 2 atom stereocenters. The Morgan fingerprint density at radius 2 is 1.92 bits per heavy atom. The van der Waals surface area contributed by atoms with E-state index in [9.17, 15) is 19.5 Å². The third-order valence-corrected chi connectivity index (χ3v) is 4.57. The minimum Gasteiger partial charge on any atom is -0.480 e. The van der Waals surface area contributed by atoms with Crippen LogP contribution < -0.4 is 5.32 Å². The molecule has 2 unspecified atom stereocenters. The number of carboxylic acids is 1. The number of piperidine rings is 1. The van der Waals surface area contributed by atoms with Gasteiger partial charge in [-0.15, -0.1) is 0 Å². The predicted molar refractivity (Wildman–Crippen MR) is 93.9 cm³/mol. The van der Waals surface area contributed by atoms with Crippen LogP contribution in [0.4, 0.5) is 0 Å². The molecule has 6 heteroatoms. The van der Waals surface area contributed by atoms with Crippen LogP contribution in [0.25, 0.3) is 0 Å². The summed E-state index contributed by atoms with van der Waals surface area (Å²) in [4.78, 5) is 37.9. The molecule has 25 heavy (non-hydrogen) atoms. The van der Waals surface area contributed by atoms with E-state index in [1.54, 1.807) is 18.7 Å². The molecule has 1 aromatic rings. The predicted octanol–water partition coefficient (Wildman–Crippen LogP) is 1.69. The van der Waals surface area contributed by atoms with Crippen molar-refractivity contribution in [2.75, 3.05) is 13.1 Å². The van der Waals surface area contributed by atoms with Crippen LogP contribution >= 0.6 is 0 Å². The number of aliphatic carboxylic acids is 1. The number of carboxylic acid groups (broad SMARTS) is 1. The van der Waals surface area contributed by atoms with Gasteiger partial charge in [0.05, 0.1) is 12.3 Å². The van der Waals surface area contributed by atoms with Gasteiger partial charge in [-0.3, -0.25) is 9.59 Å². The van der Waals surface area contributed by atoms with Crippen molar-refractivity contribution in [2.24, 2.45) is 11.8 Å². The van der Waals surface area contributed by atoms with Crippen LogP contribution in [-0.4, -0.2) is 46.9 Å². The number of hydrogen-bond acceptors (Lipinski definition) is 3. The second kappa shape index (κ2) is 8.65.